The van der Waals surface area contributed by atoms with E-state index in [4.69, 9.17) is 16.6 Å². The number of hydrogen-bond donors (Lipinski definition) is 2. The molecule has 1 aliphatic heterocycles. The van der Waals surface area contributed by atoms with Crippen LogP contribution in [0.4, 0.5) is 11.4 Å². The first-order chi connectivity index (χ1) is 17.5. The van der Waals surface area contributed by atoms with Gasteiger partial charge in [0.25, 0.3) is 0 Å². The van der Waals surface area contributed by atoms with Gasteiger partial charge in [-0.25, -0.2) is 4.99 Å². The third kappa shape index (κ3) is 5.32. The second kappa shape index (κ2) is 10.6. The summed E-state index contributed by atoms with van der Waals surface area (Å²) in [6.45, 7) is 2.52. The number of H-pyrrole nitrogens is 1. The number of amides is 2. The number of carbonyl (C=O) groups is 2. The molecule has 8 heteroatoms. The van der Waals surface area contributed by atoms with E-state index in [1.54, 1.807) is 11.0 Å². The van der Waals surface area contributed by atoms with Crippen molar-refractivity contribution in [3.05, 3.63) is 95.1 Å². The van der Waals surface area contributed by atoms with Crippen molar-refractivity contribution in [3.63, 3.8) is 0 Å². The number of nitrogens with one attached hydrogen (secondary N) is 2. The molecule has 0 unspecified atom stereocenters. The van der Waals surface area contributed by atoms with Crippen molar-refractivity contribution in [2.75, 3.05) is 11.9 Å². The number of aliphatic imine (C=N–C) groups is 1. The smallest absolute Gasteiger partial charge is 0.242 e. The number of rotatable bonds is 7. The minimum atomic E-state index is -0.555. The molecule has 0 bridgehead atoms. The maximum Gasteiger partial charge on any atom is 0.242 e. The van der Waals surface area contributed by atoms with Crippen LogP contribution in [0.25, 0.3) is 10.9 Å². The average Bonchev–Trinajstić information content (AvgIpc) is 3.39. The maximum absolute atomic E-state index is 13.5. The Labute approximate surface area is 218 Å². The molecule has 2 heterocycles. The van der Waals surface area contributed by atoms with Crippen molar-refractivity contribution in [3.8, 4) is 0 Å². The van der Waals surface area contributed by atoms with Gasteiger partial charge < -0.3 is 10.3 Å². The van der Waals surface area contributed by atoms with Crippen molar-refractivity contribution < 1.29 is 9.59 Å². The van der Waals surface area contributed by atoms with Gasteiger partial charge in [0.15, 0.2) is 5.17 Å². The van der Waals surface area contributed by atoms with Gasteiger partial charge in [0.1, 0.15) is 5.25 Å². The molecular formula is C28H25ClN4O2S. The summed E-state index contributed by atoms with van der Waals surface area (Å²) in [5.74, 6) is -0.330. The Morgan fingerprint density at radius 1 is 1.11 bits per heavy atom. The van der Waals surface area contributed by atoms with E-state index in [0.29, 0.717) is 34.5 Å². The molecule has 1 saturated heterocycles. The van der Waals surface area contributed by atoms with E-state index in [1.807, 2.05) is 54.7 Å². The standard InChI is InChI=1S/C28H25ClN4O2S/c1-18-11-12-23-21(15-18)19(17-30-23)13-14-33-27(35)25(16-26(34)31-20-7-3-2-4-8-20)36-28(33)32-24-10-6-5-9-22(24)29/h2-12,15,17,25,30H,13-14,16H2,1H3,(H,31,34)/t25-/m0/s1. The molecule has 3 aromatic carbocycles. The Bertz CT molecular complexity index is 1450. The van der Waals surface area contributed by atoms with Crippen LogP contribution in [0.1, 0.15) is 17.5 Å². The molecule has 182 valence electrons. The van der Waals surface area contributed by atoms with E-state index in [0.717, 1.165) is 16.5 Å². The number of anilines is 1. The molecule has 4 aromatic rings. The highest BCUT2D eigenvalue weighted by atomic mass is 35.5. The summed E-state index contributed by atoms with van der Waals surface area (Å²) in [6.07, 6.45) is 2.70. The van der Waals surface area contributed by atoms with Crippen molar-refractivity contribution in [2.45, 2.75) is 25.0 Å². The Balaban J connectivity index is 1.37. The van der Waals surface area contributed by atoms with Crippen LogP contribution in [0.5, 0.6) is 0 Å². The van der Waals surface area contributed by atoms with Crippen LogP contribution in [0.15, 0.2) is 84.0 Å². The van der Waals surface area contributed by atoms with Gasteiger partial charge in [-0.2, -0.15) is 0 Å². The summed E-state index contributed by atoms with van der Waals surface area (Å²) in [4.78, 5) is 35.9. The lowest BCUT2D eigenvalue weighted by Crippen LogP contribution is -2.35. The molecule has 0 saturated carbocycles. The molecule has 2 N–H and O–H groups in total. The van der Waals surface area contributed by atoms with E-state index >= 15 is 0 Å². The predicted octanol–water partition coefficient (Wildman–Crippen LogP) is 6.33. The highest BCUT2D eigenvalue weighted by molar-refractivity contribution is 8.15. The van der Waals surface area contributed by atoms with Crippen LogP contribution >= 0.6 is 23.4 Å². The number of benzene rings is 3. The minimum absolute atomic E-state index is 0.0583. The highest BCUT2D eigenvalue weighted by Crippen LogP contribution is 2.34. The minimum Gasteiger partial charge on any atom is -0.361 e. The van der Waals surface area contributed by atoms with E-state index in [9.17, 15) is 9.59 Å². The predicted molar refractivity (Wildman–Crippen MR) is 148 cm³/mol. The normalized spacial score (nSPS) is 16.7. The van der Waals surface area contributed by atoms with Gasteiger partial charge in [-0.15, -0.1) is 0 Å². The zero-order chi connectivity index (χ0) is 25.1. The SMILES string of the molecule is Cc1ccc2[nH]cc(CCN3C(=O)[C@H](CC(=O)Nc4ccccc4)SC3=Nc3ccccc3Cl)c2c1. The molecule has 5 rings (SSSR count). The second-order valence-corrected chi connectivity index (χ2v) is 10.3. The third-order valence-electron chi connectivity index (χ3n) is 6.04. The molecule has 0 radical (unpaired) electrons. The van der Waals surface area contributed by atoms with E-state index in [2.05, 4.69) is 35.4 Å². The molecule has 2 amide bonds. The molecule has 0 spiro atoms. The molecule has 1 aromatic heterocycles. The van der Waals surface area contributed by atoms with Crippen molar-refractivity contribution in [1.29, 1.82) is 0 Å². The quantitative estimate of drug-likeness (QED) is 0.301. The lowest BCUT2D eigenvalue weighted by molar-refractivity contribution is -0.128. The van der Waals surface area contributed by atoms with E-state index in [1.165, 1.54) is 17.3 Å². The van der Waals surface area contributed by atoms with Gasteiger partial charge in [0.05, 0.1) is 10.7 Å². The van der Waals surface area contributed by atoms with E-state index in [-0.39, 0.29) is 18.2 Å². The number of aromatic amines is 1. The Morgan fingerprint density at radius 2 is 1.89 bits per heavy atom. The molecular weight excluding hydrogens is 492 g/mol. The number of halogens is 1. The fraction of sp³-hybridized carbons (Fsp3) is 0.179. The van der Waals surface area contributed by atoms with Crippen LogP contribution in [-0.2, 0) is 16.0 Å². The first-order valence-electron chi connectivity index (χ1n) is 11.7. The highest BCUT2D eigenvalue weighted by Gasteiger charge is 2.39. The largest absolute Gasteiger partial charge is 0.361 e. The number of aryl methyl sites for hydroxylation is 1. The van der Waals surface area contributed by atoms with Crippen molar-refractivity contribution in [1.82, 2.24) is 9.88 Å². The first-order valence-corrected chi connectivity index (χ1v) is 13.0. The van der Waals surface area contributed by atoms with Crippen LogP contribution in [0.2, 0.25) is 5.02 Å². The lowest BCUT2D eigenvalue weighted by Gasteiger charge is -2.16. The van der Waals surface area contributed by atoms with Gasteiger partial charge in [-0.1, -0.05) is 65.3 Å². The number of thioether (sulfide) groups is 1. The number of hydrogen-bond acceptors (Lipinski definition) is 4. The summed E-state index contributed by atoms with van der Waals surface area (Å²) in [5, 5.41) is 4.53. The summed E-state index contributed by atoms with van der Waals surface area (Å²) in [7, 11) is 0. The van der Waals surface area contributed by atoms with Crippen LogP contribution < -0.4 is 5.32 Å². The van der Waals surface area contributed by atoms with Crippen LogP contribution in [0.3, 0.4) is 0 Å². The number of carbonyl (C=O) groups excluding carboxylic acids is 2. The van der Waals surface area contributed by atoms with Gasteiger partial charge in [0, 0.05) is 35.8 Å². The molecule has 0 aliphatic carbocycles. The molecule has 1 atom stereocenters. The maximum atomic E-state index is 13.5. The summed E-state index contributed by atoms with van der Waals surface area (Å²) >= 11 is 7.66. The number of para-hydroxylation sites is 2. The number of aromatic nitrogens is 1. The summed E-state index contributed by atoms with van der Waals surface area (Å²) in [5.41, 5.74) is 4.68. The molecule has 6 nitrogen and oxygen atoms in total. The van der Waals surface area contributed by atoms with Crippen LogP contribution in [-0.4, -0.2) is 38.7 Å². The van der Waals surface area contributed by atoms with Crippen LogP contribution in [0, 0.1) is 6.92 Å². The fourth-order valence-electron chi connectivity index (χ4n) is 4.21. The topological polar surface area (TPSA) is 77.6 Å². The summed E-state index contributed by atoms with van der Waals surface area (Å²) in [6, 6.07) is 22.8. The number of fused-ring (bicyclic) bond motifs is 1. The lowest BCUT2D eigenvalue weighted by atomic mass is 10.1. The zero-order valence-electron chi connectivity index (χ0n) is 19.7. The van der Waals surface area contributed by atoms with Crippen molar-refractivity contribution in [2.24, 2.45) is 4.99 Å². The summed E-state index contributed by atoms with van der Waals surface area (Å²) < 4.78 is 0. The Hall–Kier alpha value is -3.55. The Morgan fingerprint density at radius 3 is 2.69 bits per heavy atom. The van der Waals surface area contributed by atoms with Crippen molar-refractivity contribution >= 4 is 62.6 Å². The Kier molecular flexibility index (Phi) is 7.11. The van der Waals surface area contributed by atoms with Gasteiger partial charge >= 0.3 is 0 Å². The van der Waals surface area contributed by atoms with E-state index < -0.39 is 5.25 Å². The fourth-order valence-corrected chi connectivity index (χ4v) is 5.56. The second-order valence-electron chi connectivity index (χ2n) is 8.67. The molecule has 1 aliphatic rings. The van der Waals surface area contributed by atoms with Gasteiger partial charge in [0.2, 0.25) is 11.8 Å². The van der Waals surface area contributed by atoms with Gasteiger partial charge in [-0.3, -0.25) is 14.5 Å². The third-order valence-corrected chi connectivity index (χ3v) is 7.54. The average molecular weight is 517 g/mol. The number of amidine groups is 1. The molecule has 36 heavy (non-hydrogen) atoms. The monoisotopic (exact) mass is 516 g/mol. The first kappa shape index (κ1) is 24.2. The zero-order valence-corrected chi connectivity index (χ0v) is 21.3. The van der Waals surface area contributed by atoms with Gasteiger partial charge in [-0.05, 0) is 55.3 Å². The number of nitrogens with zero attached hydrogens (tertiary/aromatic N) is 2. The molecule has 1 fully saturated rings.